The molecular formula is C52H47N. The Morgan fingerprint density at radius 3 is 1.49 bits per heavy atom. The highest BCUT2D eigenvalue weighted by Gasteiger charge is 2.26. The third-order valence-electron chi connectivity index (χ3n) is 10.6. The molecule has 8 rings (SSSR count). The summed E-state index contributed by atoms with van der Waals surface area (Å²) in [6, 6.07) is 64.8. The molecule has 0 aliphatic carbocycles. The largest absolute Gasteiger partial charge is 0.309 e. The second-order valence-electron chi connectivity index (χ2n) is 16.2. The molecule has 1 heteroatoms. The van der Waals surface area contributed by atoms with Crippen molar-refractivity contribution in [2.45, 2.75) is 52.4 Å². The molecule has 260 valence electrons. The standard InChI is InChI=1S/C52H47N/c1-51(2,3)40-33-39(34-41(35-40)52(4,5)6)43-26-12-14-30-47(43)53(48-32-18-22-36-21-10-11-25-42(36)48)49-31-15-13-27-45(49)46-29-17-24-38-23-16-28-44(50(38)46)37-19-8-7-9-20-37/h7-35H,1-6H3. The molecule has 0 amide bonds. The van der Waals surface area contributed by atoms with Gasteiger partial charge in [0.1, 0.15) is 0 Å². The van der Waals surface area contributed by atoms with Crippen LogP contribution in [0.15, 0.2) is 176 Å². The maximum absolute atomic E-state index is 2.51. The molecule has 0 N–H and O–H groups in total. The molecule has 1 nitrogen and oxygen atoms in total. The van der Waals surface area contributed by atoms with Gasteiger partial charge in [0, 0.05) is 16.5 Å². The summed E-state index contributed by atoms with van der Waals surface area (Å²) < 4.78 is 0. The van der Waals surface area contributed by atoms with Crippen LogP contribution >= 0.6 is 0 Å². The van der Waals surface area contributed by atoms with E-state index in [-0.39, 0.29) is 10.8 Å². The van der Waals surface area contributed by atoms with Gasteiger partial charge >= 0.3 is 0 Å². The van der Waals surface area contributed by atoms with Crippen molar-refractivity contribution in [3.63, 3.8) is 0 Å². The van der Waals surface area contributed by atoms with Crippen LogP contribution in [0.3, 0.4) is 0 Å². The lowest BCUT2D eigenvalue weighted by molar-refractivity contribution is 0.569. The number of para-hydroxylation sites is 2. The minimum absolute atomic E-state index is 0.00228. The highest BCUT2D eigenvalue weighted by molar-refractivity contribution is 6.10. The van der Waals surface area contributed by atoms with E-state index in [2.05, 4.69) is 222 Å². The number of benzene rings is 8. The van der Waals surface area contributed by atoms with Gasteiger partial charge < -0.3 is 4.90 Å². The summed E-state index contributed by atoms with van der Waals surface area (Å²) in [7, 11) is 0. The number of hydrogen-bond donors (Lipinski definition) is 0. The predicted octanol–water partition coefficient (Wildman–Crippen LogP) is 15.1. The van der Waals surface area contributed by atoms with Crippen molar-refractivity contribution < 1.29 is 0 Å². The quantitative estimate of drug-likeness (QED) is 0.168. The minimum Gasteiger partial charge on any atom is -0.309 e. The average Bonchev–Trinajstić information content (AvgIpc) is 3.17. The fourth-order valence-electron chi connectivity index (χ4n) is 7.67. The average molecular weight is 686 g/mol. The molecule has 0 spiro atoms. The van der Waals surface area contributed by atoms with E-state index < -0.39 is 0 Å². The molecule has 0 fully saturated rings. The molecule has 53 heavy (non-hydrogen) atoms. The van der Waals surface area contributed by atoms with Crippen molar-refractivity contribution in [1.29, 1.82) is 0 Å². The van der Waals surface area contributed by atoms with Gasteiger partial charge in [0.15, 0.2) is 0 Å². The van der Waals surface area contributed by atoms with Crippen LogP contribution in [-0.2, 0) is 10.8 Å². The molecule has 8 aromatic carbocycles. The van der Waals surface area contributed by atoms with Crippen LogP contribution in [0.5, 0.6) is 0 Å². The third kappa shape index (κ3) is 6.53. The van der Waals surface area contributed by atoms with E-state index in [1.165, 1.54) is 66.1 Å². The van der Waals surface area contributed by atoms with Gasteiger partial charge in [0.25, 0.3) is 0 Å². The van der Waals surface area contributed by atoms with Gasteiger partial charge in [-0.05, 0) is 78.6 Å². The van der Waals surface area contributed by atoms with Crippen LogP contribution in [0.2, 0.25) is 0 Å². The zero-order chi connectivity index (χ0) is 36.7. The SMILES string of the molecule is CC(C)(C)c1cc(-c2ccccc2N(c2ccccc2-c2cccc3cccc(-c4ccccc4)c23)c2cccc3ccccc23)cc(C(C)(C)C)c1. The number of hydrogen-bond acceptors (Lipinski definition) is 1. The van der Waals surface area contributed by atoms with Gasteiger partial charge in [-0.3, -0.25) is 0 Å². The number of nitrogens with zero attached hydrogens (tertiary/aromatic N) is 1. The lowest BCUT2D eigenvalue weighted by Crippen LogP contribution is -2.17. The van der Waals surface area contributed by atoms with Crippen molar-refractivity contribution in [3.05, 3.63) is 187 Å². The lowest BCUT2D eigenvalue weighted by atomic mass is 9.78. The second kappa shape index (κ2) is 13.6. The molecule has 0 unspecified atom stereocenters. The number of fused-ring (bicyclic) bond motifs is 2. The molecule has 0 aromatic heterocycles. The second-order valence-corrected chi connectivity index (χ2v) is 16.2. The molecule has 0 radical (unpaired) electrons. The first-order chi connectivity index (χ1) is 25.6. The summed E-state index contributed by atoms with van der Waals surface area (Å²) in [5.74, 6) is 0. The van der Waals surface area contributed by atoms with E-state index in [1.54, 1.807) is 0 Å². The Balaban J connectivity index is 1.45. The van der Waals surface area contributed by atoms with E-state index in [4.69, 9.17) is 0 Å². The first-order valence-corrected chi connectivity index (χ1v) is 18.8. The summed E-state index contributed by atoms with van der Waals surface area (Å²) in [5.41, 5.74) is 13.4. The van der Waals surface area contributed by atoms with Crippen molar-refractivity contribution in [3.8, 4) is 33.4 Å². The molecular weight excluding hydrogens is 639 g/mol. The molecule has 0 saturated heterocycles. The third-order valence-corrected chi connectivity index (χ3v) is 10.6. The molecule has 0 aliphatic rings. The molecule has 0 saturated carbocycles. The van der Waals surface area contributed by atoms with E-state index in [0.29, 0.717) is 0 Å². The van der Waals surface area contributed by atoms with Crippen LogP contribution in [0.4, 0.5) is 17.1 Å². The van der Waals surface area contributed by atoms with Crippen molar-refractivity contribution in [1.82, 2.24) is 0 Å². The lowest BCUT2D eigenvalue weighted by Gasteiger charge is -2.32. The number of anilines is 3. The first kappa shape index (κ1) is 34.2. The summed E-state index contributed by atoms with van der Waals surface area (Å²) in [6.45, 7) is 13.9. The van der Waals surface area contributed by atoms with Gasteiger partial charge in [-0.1, -0.05) is 199 Å². The van der Waals surface area contributed by atoms with E-state index in [0.717, 1.165) is 17.1 Å². The van der Waals surface area contributed by atoms with Crippen molar-refractivity contribution >= 4 is 38.6 Å². The Morgan fingerprint density at radius 1 is 0.340 bits per heavy atom. The molecule has 0 bridgehead atoms. The highest BCUT2D eigenvalue weighted by atomic mass is 15.1. The van der Waals surface area contributed by atoms with E-state index >= 15 is 0 Å². The Kier molecular flexibility index (Phi) is 8.75. The monoisotopic (exact) mass is 685 g/mol. The molecule has 0 aliphatic heterocycles. The zero-order valence-electron chi connectivity index (χ0n) is 31.7. The maximum atomic E-state index is 2.51. The van der Waals surface area contributed by atoms with E-state index in [1.807, 2.05) is 0 Å². The zero-order valence-corrected chi connectivity index (χ0v) is 31.7. The Morgan fingerprint density at radius 2 is 0.811 bits per heavy atom. The fourth-order valence-corrected chi connectivity index (χ4v) is 7.67. The summed E-state index contributed by atoms with van der Waals surface area (Å²) >= 11 is 0. The van der Waals surface area contributed by atoms with Gasteiger partial charge in [-0.15, -0.1) is 0 Å². The predicted molar refractivity (Wildman–Crippen MR) is 230 cm³/mol. The number of rotatable bonds is 6. The normalized spacial score (nSPS) is 12.0. The topological polar surface area (TPSA) is 3.24 Å². The maximum Gasteiger partial charge on any atom is 0.0540 e. The Bertz CT molecular complexity index is 2540. The Hall–Kier alpha value is -5.92. The first-order valence-electron chi connectivity index (χ1n) is 18.8. The van der Waals surface area contributed by atoms with Crippen molar-refractivity contribution in [2.24, 2.45) is 0 Å². The highest BCUT2D eigenvalue weighted by Crippen LogP contribution is 2.49. The summed E-state index contributed by atoms with van der Waals surface area (Å²) in [4.78, 5) is 2.51. The minimum atomic E-state index is -0.00228. The summed E-state index contributed by atoms with van der Waals surface area (Å²) in [6.07, 6.45) is 0. The fraction of sp³-hybridized carbons (Fsp3) is 0.154. The Labute approximate surface area is 315 Å². The van der Waals surface area contributed by atoms with Crippen LogP contribution < -0.4 is 4.90 Å². The molecule has 0 heterocycles. The van der Waals surface area contributed by atoms with Gasteiger partial charge in [-0.2, -0.15) is 0 Å². The summed E-state index contributed by atoms with van der Waals surface area (Å²) in [5, 5.41) is 4.91. The smallest absolute Gasteiger partial charge is 0.0540 e. The van der Waals surface area contributed by atoms with Crippen LogP contribution in [0.1, 0.15) is 52.7 Å². The van der Waals surface area contributed by atoms with Gasteiger partial charge in [0.05, 0.1) is 17.1 Å². The van der Waals surface area contributed by atoms with Crippen LogP contribution in [-0.4, -0.2) is 0 Å². The van der Waals surface area contributed by atoms with Crippen molar-refractivity contribution in [2.75, 3.05) is 4.90 Å². The van der Waals surface area contributed by atoms with Crippen LogP contribution in [0, 0.1) is 0 Å². The molecule has 0 atom stereocenters. The van der Waals surface area contributed by atoms with Crippen LogP contribution in [0.25, 0.3) is 54.9 Å². The van der Waals surface area contributed by atoms with Gasteiger partial charge in [0.2, 0.25) is 0 Å². The molecule has 8 aromatic rings. The van der Waals surface area contributed by atoms with Gasteiger partial charge in [-0.25, -0.2) is 0 Å². The van der Waals surface area contributed by atoms with E-state index in [9.17, 15) is 0 Å².